The second-order valence-corrected chi connectivity index (χ2v) is 5.96. The van der Waals surface area contributed by atoms with Gasteiger partial charge in [-0.25, -0.2) is 13.1 Å². The van der Waals surface area contributed by atoms with Crippen molar-refractivity contribution in [3.05, 3.63) is 29.8 Å². The molecule has 6 nitrogen and oxygen atoms in total. The molecule has 0 spiro atoms. The molecule has 0 saturated carbocycles. The molecule has 0 aliphatic rings. The number of hydrogen-bond acceptors (Lipinski definition) is 4. The maximum absolute atomic E-state index is 12.6. The van der Waals surface area contributed by atoms with Crippen molar-refractivity contribution in [1.82, 2.24) is 10.0 Å². The Kier molecular flexibility index (Phi) is 6.33. The average molecular weight is 340 g/mol. The largest absolute Gasteiger partial charge is 0.416 e. The number of sulfonamides is 1. The number of rotatable bonds is 7. The molecule has 0 bridgehead atoms. The first-order valence-electron chi connectivity index (χ1n) is 6.09. The summed E-state index contributed by atoms with van der Waals surface area (Å²) in [5, 5.41) is 2.37. The molecule has 1 aromatic carbocycles. The van der Waals surface area contributed by atoms with Crippen molar-refractivity contribution >= 4 is 15.9 Å². The van der Waals surface area contributed by atoms with Crippen LogP contribution in [0.15, 0.2) is 29.2 Å². The lowest BCUT2D eigenvalue weighted by Crippen LogP contribution is -2.38. The number of halogens is 3. The minimum atomic E-state index is -4.65. The molecule has 0 aliphatic heterocycles. The smallest absolute Gasteiger partial charge is 0.383 e. The van der Waals surface area contributed by atoms with Crippen molar-refractivity contribution in [3.8, 4) is 0 Å². The first-order valence-corrected chi connectivity index (χ1v) is 7.57. The van der Waals surface area contributed by atoms with Crippen LogP contribution in [0.3, 0.4) is 0 Å². The number of ether oxygens (including phenoxy) is 1. The van der Waals surface area contributed by atoms with Crippen molar-refractivity contribution in [2.24, 2.45) is 0 Å². The minimum absolute atomic E-state index is 0.195. The van der Waals surface area contributed by atoms with Gasteiger partial charge in [-0.05, 0) is 18.2 Å². The van der Waals surface area contributed by atoms with E-state index in [1.165, 1.54) is 7.11 Å². The fraction of sp³-hybridized carbons (Fsp3) is 0.417. The van der Waals surface area contributed by atoms with Gasteiger partial charge in [0.2, 0.25) is 15.9 Å². The number of carbonyl (C=O) groups excluding carboxylic acids is 1. The SMILES string of the molecule is COCCNC(=O)CNS(=O)(=O)c1cccc(C(F)(F)F)c1. The van der Waals surface area contributed by atoms with Crippen molar-refractivity contribution < 1.29 is 31.1 Å². The summed E-state index contributed by atoms with van der Waals surface area (Å²) in [5.41, 5.74) is -1.08. The fourth-order valence-corrected chi connectivity index (χ4v) is 2.47. The monoisotopic (exact) mass is 340 g/mol. The van der Waals surface area contributed by atoms with Crippen LogP contribution in [0.2, 0.25) is 0 Å². The zero-order chi connectivity index (χ0) is 16.8. The van der Waals surface area contributed by atoms with E-state index in [9.17, 15) is 26.4 Å². The number of amides is 1. The number of nitrogens with one attached hydrogen (secondary N) is 2. The summed E-state index contributed by atoms with van der Waals surface area (Å²) < 4.78 is 68.0. The van der Waals surface area contributed by atoms with E-state index in [4.69, 9.17) is 4.74 Å². The number of hydrogen-bond donors (Lipinski definition) is 2. The minimum Gasteiger partial charge on any atom is -0.383 e. The molecule has 1 rings (SSSR count). The zero-order valence-corrected chi connectivity index (χ0v) is 12.4. The van der Waals surface area contributed by atoms with Gasteiger partial charge in [-0.3, -0.25) is 4.79 Å². The van der Waals surface area contributed by atoms with Gasteiger partial charge in [0, 0.05) is 13.7 Å². The van der Waals surface area contributed by atoms with E-state index in [1.807, 2.05) is 4.72 Å². The standard InChI is InChI=1S/C12H15F3N2O4S/c1-21-6-5-16-11(18)8-17-22(19,20)10-4-2-3-9(7-10)12(13,14)15/h2-4,7,17H,5-6,8H2,1H3,(H,16,18). The molecule has 0 saturated heterocycles. The third-order valence-corrected chi connectivity index (χ3v) is 3.92. The molecule has 0 heterocycles. The first kappa shape index (κ1) is 18.4. The molecule has 0 unspecified atom stereocenters. The van der Waals surface area contributed by atoms with Gasteiger partial charge < -0.3 is 10.1 Å². The molecule has 124 valence electrons. The maximum Gasteiger partial charge on any atom is 0.416 e. The van der Waals surface area contributed by atoms with E-state index in [1.54, 1.807) is 0 Å². The van der Waals surface area contributed by atoms with Crippen LogP contribution in [0, 0.1) is 0 Å². The highest BCUT2D eigenvalue weighted by atomic mass is 32.2. The van der Waals surface area contributed by atoms with E-state index in [0.29, 0.717) is 6.07 Å². The Morgan fingerprint density at radius 1 is 1.32 bits per heavy atom. The van der Waals surface area contributed by atoms with Crippen molar-refractivity contribution in [3.63, 3.8) is 0 Å². The maximum atomic E-state index is 12.6. The van der Waals surface area contributed by atoms with Crippen LogP contribution in [-0.2, 0) is 25.7 Å². The first-order chi connectivity index (χ1) is 10.2. The molecule has 0 aliphatic carbocycles. The van der Waals surface area contributed by atoms with Crippen molar-refractivity contribution in [1.29, 1.82) is 0 Å². The summed E-state index contributed by atoms with van der Waals surface area (Å²) in [4.78, 5) is 10.8. The van der Waals surface area contributed by atoms with E-state index in [-0.39, 0.29) is 13.2 Å². The molecule has 0 fully saturated rings. The number of alkyl halides is 3. The second kappa shape index (κ2) is 7.56. The van der Waals surface area contributed by atoms with Gasteiger partial charge in [-0.2, -0.15) is 13.2 Å². The van der Waals surface area contributed by atoms with Crippen LogP contribution in [0.5, 0.6) is 0 Å². The van der Waals surface area contributed by atoms with Gasteiger partial charge in [0.15, 0.2) is 0 Å². The zero-order valence-electron chi connectivity index (χ0n) is 11.6. The van der Waals surface area contributed by atoms with E-state index in [2.05, 4.69) is 5.32 Å². The lowest BCUT2D eigenvalue weighted by atomic mass is 10.2. The van der Waals surface area contributed by atoms with E-state index >= 15 is 0 Å². The number of carbonyl (C=O) groups is 1. The molecule has 2 N–H and O–H groups in total. The summed E-state index contributed by atoms with van der Waals surface area (Å²) in [6.07, 6.45) is -4.65. The van der Waals surface area contributed by atoms with Crippen LogP contribution in [0.1, 0.15) is 5.56 Å². The predicted octanol–water partition coefficient (Wildman–Crippen LogP) is 0.746. The summed E-state index contributed by atoms with van der Waals surface area (Å²) in [6, 6.07) is 3.26. The van der Waals surface area contributed by atoms with E-state index < -0.39 is 39.1 Å². The highest BCUT2D eigenvalue weighted by molar-refractivity contribution is 7.89. The van der Waals surface area contributed by atoms with Crippen molar-refractivity contribution in [2.45, 2.75) is 11.1 Å². The van der Waals surface area contributed by atoms with Gasteiger partial charge in [0.05, 0.1) is 23.6 Å². The number of methoxy groups -OCH3 is 1. The van der Waals surface area contributed by atoms with Gasteiger partial charge in [0.25, 0.3) is 0 Å². The highest BCUT2D eigenvalue weighted by Crippen LogP contribution is 2.30. The molecule has 10 heteroatoms. The van der Waals surface area contributed by atoms with Crippen LogP contribution in [0.25, 0.3) is 0 Å². The Labute approximate surface area is 125 Å². The molecular formula is C12H15F3N2O4S. The van der Waals surface area contributed by atoms with Gasteiger partial charge in [0.1, 0.15) is 0 Å². The summed E-state index contributed by atoms with van der Waals surface area (Å²) >= 11 is 0. The Bertz CT molecular complexity index is 617. The van der Waals surface area contributed by atoms with Crippen LogP contribution in [-0.4, -0.2) is 41.1 Å². The Balaban J connectivity index is 2.73. The fourth-order valence-electron chi connectivity index (χ4n) is 1.44. The van der Waals surface area contributed by atoms with Crippen LogP contribution in [0.4, 0.5) is 13.2 Å². The average Bonchev–Trinajstić information content (AvgIpc) is 2.45. The molecule has 22 heavy (non-hydrogen) atoms. The van der Waals surface area contributed by atoms with Gasteiger partial charge >= 0.3 is 6.18 Å². The topological polar surface area (TPSA) is 84.5 Å². The highest BCUT2D eigenvalue weighted by Gasteiger charge is 2.31. The quantitative estimate of drug-likeness (QED) is 0.717. The Morgan fingerprint density at radius 3 is 2.59 bits per heavy atom. The summed E-state index contributed by atoms with van der Waals surface area (Å²) in [5.74, 6) is -0.618. The van der Waals surface area contributed by atoms with Crippen LogP contribution >= 0.6 is 0 Å². The predicted molar refractivity (Wildman–Crippen MR) is 71.5 cm³/mol. The lowest BCUT2D eigenvalue weighted by molar-refractivity contribution is -0.137. The Hall–Kier alpha value is -1.65. The number of benzene rings is 1. The van der Waals surface area contributed by atoms with Gasteiger partial charge in [-0.15, -0.1) is 0 Å². The molecule has 0 aromatic heterocycles. The summed E-state index contributed by atoms with van der Waals surface area (Å²) in [7, 11) is -2.78. The molecule has 0 atom stereocenters. The molecule has 1 aromatic rings. The normalized spacial score (nSPS) is 12.2. The lowest BCUT2D eigenvalue weighted by Gasteiger charge is -2.10. The van der Waals surface area contributed by atoms with Crippen molar-refractivity contribution in [2.75, 3.05) is 26.8 Å². The third-order valence-electron chi connectivity index (χ3n) is 2.52. The summed E-state index contributed by atoms with van der Waals surface area (Å²) in [6.45, 7) is -0.130. The van der Waals surface area contributed by atoms with Gasteiger partial charge in [-0.1, -0.05) is 6.07 Å². The molecule has 1 amide bonds. The Morgan fingerprint density at radius 2 is 2.00 bits per heavy atom. The van der Waals surface area contributed by atoms with Crippen LogP contribution < -0.4 is 10.0 Å². The molecular weight excluding hydrogens is 325 g/mol. The second-order valence-electron chi connectivity index (χ2n) is 4.19. The molecule has 0 radical (unpaired) electrons. The van der Waals surface area contributed by atoms with E-state index in [0.717, 1.165) is 18.2 Å². The third kappa shape index (κ3) is 5.62.